The summed E-state index contributed by atoms with van der Waals surface area (Å²) in [5.74, 6) is 1.42. The number of carbonyl (C=O) groups is 1. The molecule has 1 aliphatic rings. The molecule has 0 saturated carbocycles. The topological polar surface area (TPSA) is 111 Å². The van der Waals surface area contributed by atoms with Crippen LogP contribution in [0.25, 0.3) is 33.7 Å². The second-order valence-electron chi connectivity index (χ2n) is 9.71. The smallest absolute Gasteiger partial charge is 0.302 e. The van der Waals surface area contributed by atoms with Crippen molar-refractivity contribution in [2.75, 3.05) is 6.61 Å². The summed E-state index contributed by atoms with van der Waals surface area (Å²) < 4.78 is 7.50. The van der Waals surface area contributed by atoms with Crippen LogP contribution in [-0.4, -0.2) is 47.7 Å². The van der Waals surface area contributed by atoms with Crippen molar-refractivity contribution in [1.82, 2.24) is 35.2 Å². The van der Waals surface area contributed by atoms with Crippen LogP contribution >= 0.6 is 0 Å². The predicted molar refractivity (Wildman–Crippen MR) is 143 cm³/mol. The molecule has 0 amide bonds. The van der Waals surface area contributed by atoms with E-state index < -0.39 is 0 Å². The fourth-order valence-electron chi connectivity index (χ4n) is 5.58. The molecule has 0 aliphatic heterocycles. The minimum atomic E-state index is -0.275. The minimum absolute atomic E-state index is 0.170. The van der Waals surface area contributed by atoms with Crippen molar-refractivity contribution in [2.24, 2.45) is 0 Å². The molecule has 0 radical (unpaired) electrons. The van der Waals surface area contributed by atoms with Gasteiger partial charge in [-0.05, 0) is 64.1 Å². The first kappa shape index (κ1) is 24.0. The first-order valence-corrected chi connectivity index (χ1v) is 13.0. The summed E-state index contributed by atoms with van der Waals surface area (Å²) in [5, 5.41) is 14.5. The van der Waals surface area contributed by atoms with Crippen LogP contribution < -0.4 is 0 Å². The Labute approximate surface area is 220 Å². The molecule has 0 bridgehead atoms. The third-order valence-corrected chi connectivity index (χ3v) is 7.28. The predicted octanol–water partition coefficient (Wildman–Crippen LogP) is 4.79. The number of nitrogens with one attached hydrogen (secondary N) is 1. The second kappa shape index (κ2) is 9.81. The maximum atomic E-state index is 11.2. The van der Waals surface area contributed by atoms with Crippen LogP contribution in [0.5, 0.6) is 0 Å². The molecule has 9 heteroatoms. The van der Waals surface area contributed by atoms with Gasteiger partial charge >= 0.3 is 5.97 Å². The fourth-order valence-corrected chi connectivity index (χ4v) is 5.58. The second-order valence-corrected chi connectivity index (χ2v) is 9.71. The number of nitrogens with zero attached hydrogens (tertiary/aromatic N) is 6. The molecule has 6 rings (SSSR count). The van der Waals surface area contributed by atoms with Crippen LogP contribution in [0.1, 0.15) is 54.5 Å². The van der Waals surface area contributed by atoms with Crippen molar-refractivity contribution < 1.29 is 9.53 Å². The Kier molecular flexibility index (Phi) is 6.19. The number of benzene rings is 2. The summed E-state index contributed by atoms with van der Waals surface area (Å²) in [5.41, 5.74) is 9.71. The van der Waals surface area contributed by atoms with Gasteiger partial charge in [-0.2, -0.15) is 0 Å². The van der Waals surface area contributed by atoms with Gasteiger partial charge in [0.05, 0.1) is 12.6 Å². The molecule has 0 spiro atoms. The Morgan fingerprint density at radius 1 is 1.13 bits per heavy atom. The number of imidazole rings is 1. The highest BCUT2D eigenvalue weighted by Crippen LogP contribution is 2.40. The molecule has 1 aliphatic carbocycles. The van der Waals surface area contributed by atoms with Gasteiger partial charge in [0.2, 0.25) is 0 Å². The molecular formula is C29H29N7O2. The molecule has 0 saturated heterocycles. The van der Waals surface area contributed by atoms with Gasteiger partial charge in [-0.3, -0.25) is 4.79 Å². The Morgan fingerprint density at radius 2 is 1.97 bits per heavy atom. The SMILES string of the molecule is CCc1nc2c(C)cc(CCOC(C)=O)nc2n1[C@H]1CCc2cc(-c3ccccc3-c3nnn[nH]3)ccc21. The molecule has 192 valence electrons. The highest BCUT2D eigenvalue weighted by atomic mass is 16.5. The number of hydrogen-bond acceptors (Lipinski definition) is 7. The standard InChI is InChI=1S/C29H29N7O2/c1-4-26-31-27-17(2)15-21(13-14-38-18(3)37)30-29(27)36(26)25-12-10-20-16-19(9-11-23(20)25)22-7-5-6-8-24(22)28-32-34-35-33-28/h5-9,11,15-16,25H,4,10,12-14H2,1-3H3,(H,32,33,34,35)/t25-/m0/s1. The largest absolute Gasteiger partial charge is 0.465 e. The molecule has 3 aromatic heterocycles. The number of esters is 1. The number of ether oxygens (including phenoxy) is 1. The number of aromatic nitrogens is 7. The Morgan fingerprint density at radius 3 is 2.74 bits per heavy atom. The minimum Gasteiger partial charge on any atom is -0.465 e. The van der Waals surface area contributed by atoms with E-state index >= 15 is 0 Å². The lowest BCUT2D eigenvalue weighted by Crippen LogP contribution is -2.12. The lowest BCUT2D eigenvalue weighted by molar-refractivity contribution is -0.140. The number of aryl methyl sites for hydroxylation is 3. The van der Waals surface area contributed by atoms with Crippen LogP contribution in [0, 0.1) is 6.92 Å². The summed E-state index contributed by atoms with van der Waals surface area (Å²) in [6.07, 6.45) is 3.37. The van der Waals surface area contributed by atoms with Gasteiger partial charge in [0.25, 0.3) is 0 Å². The molecule has 0 unspecified atom stereocenters. The van der Waals surface area contributed by atoms with Gasteiger partial charge < -0.3 is 9.30 Å². The van der Waals surface area contributed by atoms with Crippen LogP contribution in [0.2, 0.25) is 0 Å². The lowest BCUT2D eigenvalue weighted by atomic mass is 9.96. The number of H-pyrrole nitrogens is 1. The third kappa shape index (κ3) is 4.23. The van der Waals surface area contributed by atoms with Crippen LogP contribution in [0.3, 0.4) is 0 Å². The average molecular weight is 508 g/mol. The van der Waals surface area contributed by atoms with Gasteiger partial charge in [-0.1, -0.05) is 49.4 Å². The zero-order valence-electron chi connectivity index (χ0n) is 21.7. The summed E-state index contributed by atoms with van der Waals surface area (Å²) >= 11 is 0. The number of hydrogen-bond donors (Lipinski definition) is 1. The van der Waals surface area contributed by atoms with E-state index in [1.165, 1.54) is 18.1 Å². The molecule has 0 fully saturated rings. The number of carbonyl (C=O) groups excluding carboxylic acids is 1. The van der Waals surface area contributed by atoms with E-state index in [0.29, 0.717) is 18.9 Å². The summed E-state index contributed by atoms with van der Waals surface area (Å²) in [4.78, 5) is 21.2. The van der Waals surface area contributed by atoms with Gasteiger partial charge in [-0.15, -0.1) is 5.10 Å². The van der Waals surface area contributed by atoms with Gasteiger partial charge in [0.1, 0.15) is 11.3 Å². The third-order valence-electron chi connectivity index (χ3n) is 7.28. The van der Waals surface area contributed by atoms with Crippen molar-refractivity contribution in [3.8, 4) is 22.5 Å². The zero-order chi connectivity index (χ0) is 26.2. The molecule has 38 heavy (non-hydrogen) atoms. The molecular weight excluding hydrogens is 478 g/mol. The summed E-state index contributed by atoms with van der Waals surface area (Å²) in [6, 6.07) is 17.1. The lowest BCUT2D eigenvalue weighted by Gasteiger charge is -2.18. The summed E-state index contributed by atoms with van der Waals surface area (Å²) in [7, 11) is 0. The highest BCUT2D eigenvalue weighted by Gasteiger charge is 2.29. The molecule has 1 N–H and O–H groups in total. The Bertz CT molecular complexity index is 1640. The van der Waals surface area contributed by atoms with Crippen LogP contribution in [0.4, 0.5) is 0 Å². The van der Waals surface area contributed by atoms with Crippen molar-refractivity contribution in [3.63, 3.8) is 0 Å². The van der Waals surface area contributed by atoms with Crippen molar-refractivity contribution in [1.29, 1.82) is 0 Å². The monoisotopic (exact) mass is 507 g/mol. The van der Waals surface area contributed by atoms with Crippen LogP contribution in [0.15, 0.2) is 48.5 Å². The zero-order valence-corrected chi connectivity index (χ0v) is 21.7. The maximum Gasteiger partial charge on any atom is 0.302 e. The van der Waals surface area contributed by atoms with E-state index in [4.69, 9.17) is 14.7 Å². The first-order chi connectivity index (χ1) is 18.5. The number of rotatable bonds is 7. The van der Waals surface area contributed by atoms with E-state index in [0.717, 1.165) is 64.2 Å². The van der Waals surface area contributed by atoms with Gasteiger partial charge in [0, 0.05) is 31.0 Å². The van der Waals surface area contributed by atoms with Crippen molar-refractivity contribution >= 4 is 17.1 Å². The number of pyridine rings is 1. The molecule has 5 aromatic rings. The van der Waals surface area contributed by atoms with E-state index in [-0.39, 0.29) is 12.0 Å². The van der Waals surface area contributed by atoms with E-state index in [9.17, 15) is 4.79 Å². The number of tetrazole rings is 1. The van der Waals surface area contributed by atoms with Gasteiger partial charge in [-0.25, -0.2) is 15.1 Å². The highest BCUT2D eigenvalue weighted by molar-refractivity contribution is 5.81. The van der Waals surface area contributed by atoms with Crippen molar-refractivity contribution in [3.05, 3.63) is 76.7 Å². The van der Waals surface area contributed by atoms with Crippen molar-refractivity contribution in [2.45, 2.75) is 52.5 Å². The molecule has 9 nitrogen and oxygen atoms in total. The van der Waals surface area contributed by atoms with E-state index in [2.05, 4.69) is 69.4 Å². The quantitative estimate of drug-likeness (QED) is 0.315. The van der Waals surface area contributed by atoms with E-state index in [1.807, 2.05) is 18.2 Å². The Hall–Kier alpha value is -4.40. The molecule has 2 aromatic carbocycles. The number of fused-ring (bicyclic) bond motifs is 2. The van der Waals surface area contributed by atoms with E-state index in [1.54, 1.807) is 0 Å². The molecule has 3 heterocycles. The average Bonchev–Trinajstić information content (AvgIpc) is 3.67. The Balaban J connectivity index is 1.39. The van der Waals surface area contributed by atoms with Gasteiger partial charge in [0.15, 0.2) is 11.5 Å². The molecule has 1 atom stereocenters. The normalized spacial score (nSPS) is 14.7. The fraction of sp³-hybridized carbons (Fsp3) is 0.310. The summed E-state index contributed by atoms with van der Waals surface area (Å²) in [6.45, 7) is 5.97. The number of aromatic amines is 1. The first-order valence-electron chi connectivity index (χ1n) is 13.0. The maximum absolute atomic E-state index is 11.2. The van der Waals surface area contributed by atoms with Crippen LogP contribution in [-0.2, 0) is 28.8 Å².